The number of hydrogen-bond donors (Lipinski definition) is 0. The smallest absolute Gasteiger partial charge is 0.360 e. The molecule has 1 aliphatic heterocycles. The van der Waals surface area contributed by atoms with Crippen LogP contribution < -0.4 is 4.90 Å². The molecule has 3 rings (SSSR count). The predicted octanol–water partition coefficient (Wildman–Crippen LogP) is 3.39. The van der Waals surface area contributed by atoms with Crippen LogP contribution in [0, 0.1) is 0 Å². The van der Waals surface area contributed by atoms with Gasteiger partial charge in [0.25, 0.3) is 0 Å². The maximum atomic E-state index is 12.5. The van der Waals surface area contributed by atoms with Gasteiger partial charge in [0.15, 0.2) is 11.5 Å². The lowest BCUT2D eigenvalue weighted by molar-refractivity contribution is -0.130. The lowest BCUT2D eigenvalue weighted by Gasteiger charge is -2.36. The fourth-order valence-electron chi connectivity index (χ4n) is 2.99. The van der Waals surface area contributed by atoms with Crippen molar-refractivity contribution in [3.63, 3.8) is 0 Å². The van der Waals surface area contributed by atoms with Crippen LogP contribution in [-0.4, -0.2) is 64.9 Å². The molecule has 28 heavy (non-hydrogen) atoms. The van der Waals surface area contributed by atoms with Gasteiger partial charge in [0.05, 0.1) is 27.7 Å². The summed E-state index contributed by atoms with van der Waals surface area (Å²) in [6.07, 6.45) is 0. The fraction of sp³-hybridized carbons (Fsp3) is 0.444. The predicted molar refractivity (Wildman–Crippen MR) is 110 cm³/mol. The number of ether oxygens (including phenoxy) is 1. The van der Waals surface area contributed by atoms with Crippen LogP contribution >= 0.6 is 34.8 Å². The highest BCUT2D eigenvalue weighted by Gasteiger charge is 2.28. The number of aromatic nitrogens is 2. The number of benzene rings is 1. The van der Waals surface area contributed by atoms with Gasteiger partial charge in [-0.1, -0.05) is 23.2 Å². The number of hydrogen-bond acceptors (Lipinski definition) is 6. The number of nitrogens with zero attached hydrogens (tertiary/aromatic N) is 4. The average Bonchev–Trinajstić information content (AvgIpc) is 2.67. The minimum absolute atomic E-state index is 0.109. The standard InChI is InChI=1S/C18H19Cl3N4O3/c1-3-28-18(27)15-16(23-14-9-12(21)11(20)8-13(14)22-15)24-4-6-25(7-5-24)17(26)10(2)19/h8-10H,3-7H2,1-2H3/t10-/m1/s1. The Hall–Kier alpha value is -1.83. The summed E-state index contributed by atoms with van der Waals surface area (Å²) in [5.41, 5.74) is 1.08. The monoisotopic (exact) mass is 444 g/mol. The van der Waals surface area contributed by atoms with Crippen LogP contribution in [0.25, 0.3) is 11.0 Å². The molecule has 0 radical (unpaired) electrons. The van der Waals surface area contributed by atoms with Crippen molar-refractivity contribution >= 4 is 63.5 Å². The van der Waals surface area contributed by atoms with Gasteiger partial charge in [0, 0.05) is 26.2 Å². The van der Waals surface area contributed by atoms with Crippen LogP contribution in [-0.2, 0) is 9.53 Å². The molecule has 1 aromatic carbocycles. The molecule has 0 saturated carbocycles. The normalized spacial score (nSPS) is 15.6. The van der Waals surface area contributed by atoms with Gasteiger partial charge in [-0.2, -0.15) is 0 Å². The van der Waals surface area contributed by atoms with Crippen LogP contribution in [0.2, 0.25) is 10.0 Å². The molecule has 2 aromatic rings. The first kappa shape index (κ1) is 20.9. The maximum absolute atomic E-state index is 12.5. The molecule has 0 unspecified atom stereocenters. The molecule has 0 bridgehead atoms. The van der Waals surface area contributed by atoms with E-state index in [9.17, 15) is 9.59 Å². The molecule has 0 N–H and O–H groups in total. The Bertz CT molecular complexity index is 915. The van der Waals surface area contributed by atoms with E-state index in [1.165, 1.54) is 0 Å². The summed E-state index contributed by atoms with van der Waals surface area (Å²) >= 11 is 18.1. The number of anilines is 1. The molecule has 0 spiro atoms. The number of esters is 1. The summed E-state index contributed by atoms with van der Waals surface area (Å²) in [5, 5.41) is 0.104. The number of carbonyl (C=O) groups excluding carboxylic acids is 2. The zero-order valence-corrected chi connectivity index (χ0v) is 17.7. The summed E-state index contributed by atoms with van der Waals surface area (Å²) in [6.45, 7) is 5.51. The van der Waals surface area contributed by atoms with Crippen LogP contribution in [0.4, 0.5) is 5.82 Å². The van der Waals surface area contributed by atoms with E-state index in [1.54, 1.807) is 30.9 Å². The zero-order chi connectivity index (χ0) is 20.4. The molecule has 1 amide bonds. The van der Waals surface area contributed by atoms with Crippen molar-refractivity contribution in [1.29, 1.82) is 0 Å². The fourth-order valence-corrected chi connectivity index (χ4v) is 3.44. The van der Waals surface area contributed by atoms with Gasteiger partial charge in [-0.3, -0.25) is 4.79 Å². The molecule has 10 heteroatoms. The summed E-state index contributed by atoms with van der Waals surface area (Å²) in [4.78, 5) is 37.2. The Morgan fingerprint density at radius 2 is 1.68 bits per heavy atom. The molecule has 1 saturated heterocycles. The largest absolute Gasteiger partial charge is 0.461 e. The lowest BCUT2D eigenvalue weighted by Crippen LogP contribution is -2.51. The summed E-state index contributed by atoms with van der Waals surface area (Å²) in [7, 11) is 0. The van der Waals surface area contributed by atoms with Gasteiger partial charge in [-0.05, 0) is 26.0 Å². The zero-order valence-electron chi connectivity index (χ0n) is 15.4. The SMILES string of the molecule is CCOC(=O)c1nc2cc(Cl)c(Cl)cc2nc1N1CCN(C(=O)[C@@H](C)Cl)CC1. The molecule has 2 heterocycles. The Balaban J connectivity index is 1.96. The minimum atomic E-state index is -0.575. The van der Waals surface area contributed by atoms with Crippen molar-refractivity contribution in [1.82, 2.24) is 14.9 Å². The van der Waals surface area contributed by atoms with Crippen molar-refractivity contribution in [3.05, 3.63) is 27.9 Å². The number of halogens is 3. The van der Waals surface area contributed by atoms with Crippen molar-refractivity contribution in [2.45, 2.75) is 19.2 Å². The topological polar surface area (TPSA) is 75.6 Å². The second-order valence-electron chi connectivity index (χ2n) is 6.30. The van der Waals surface area contributed by atoms with Gasteiger partial charge in [-0.15, -0.1) is 11.6 Å². The summed E-state index contributed by atoms with van der Waals surface area (Å²) < 4.78 is 5.14. The Morgan fingerprint density at radius 3 is 2.21 bits per heavy atom. The van der Waals surface area contributed by atoms with E-state index in [0.717, 1.165) is 0 Å². The van der Waals surface area contributed by atoms with Gasteiger partial charge < -0.3 is 14.5 Å². The van der Waals surface area contributed by atoms with Crippen LogP contribution in [0.3, 0.4) is 0 Å². The summed E-state index contributed by atoms with van der Waals surface area (Å²) in [6, 6.07) is 3.18. The third-order valence-corrected chi connectivity index (χ3v) is 5.30. The third-order valence-electron chi connectivity index (χ3n) is 4.39. The Morgan fingerprint density at radius 1 is 1.11 bits per heavy atom. The first-order valence-electron chi connectivity index (χ1n) is 8.83. The van der Waals surface area contributed by atoms with E-state index in [0.29, 0.717) is 53.1 Å². The van der Waals surface area contributed by atoms with Gasteiger partial charge in [-0.25, -0.2) is 14.8 Å². The molecule has 1 atom stereocenters. The van der Waals surface area contributed by atoms with E-state index in [1.807, 2.05) is 4.90 Å². The van der Waals surface area contributed by atoms with Crippen LogP contribution in [0.15, 0.2) is 12.1 Å². The van der Waals surface area contributed by atoms with Crippen LogP contribution in [0.5, 0.6) is 0 Å². The number of carbonyl (C=O) groups is 2. The van der Waals surface area contributed by atoms with E-state index in [4.69, 9.17) is 39.5 Å². The van der Waals surface area contributed by atoms with Crippen molar-refractivity contribution < 1.29 is 14.3 Å². The molecule has 0 aliphatic carbocycles. The lowest BCUT2D eigenvalue weighted by atomic mass is 10.2. The molecular weight excluding hydrogens is 427 g/mol. The van der Waals surface area contributed by atoms with Crippen molar-refractivity contribution in [3.8, 4) is 0 Å². The second kappa shape index (κ2) is 8.68. The minimum Gasteiger partial charge on any atom is -0.461 e. The van der Waals surface area contributed by atoms with Gasteiger partial charge in [0.2, 0.25) is 5.91 Å². The Kier molecular flexibility index (Phi) is 6.47. The van der Waals surface area contributed by atoms with Crippen LogP contribution in [0.1, 0.15) is 24.3 Å². The number of alkyl halides is 1. The molecule has 7 nitrogen and oxygen atoms in total. The highest BCUT2D eigenvalue weighted by atomic mass is 35.5. The van der Waals surface area contributed by atoms with E-state index in [2.05, 4.69) is 9.97 Å². The molecule has 1 aromatic heterocycles. The molecule has 1 fully saturated rings. The van der Waals surface area contributed by atoms with E-state index >= 15 is 0 Å². The van der Waals surface area contributed by atoms with E-state index < -0.39 is 11.3 Å². The second-order valence-corrected chi connectivity index (χ2v) is 7.77. The van der Waals surface area contributed by atoms with Gasteiger partial charge >= 0.3 is 5.97 Å². The molecule has 150 valence electrons. The quantitative estimate of drug-likeness (QED) is 0.530. The third kappa shape index (κ3) is 4.26. The number of rotatable bonds is 4. The highest BCUT2D eigenvalue weighted by molar-refractivity contribution is 6.42. The maximum Gasteiger partial charge on any atom is 0.360 e. The van der Waals surface area contributed by atoms with Gasteiger partial charge in [0.1, 0.15) is 5.38 Å². The first-order chi connectivity index (χ1) is 13.3. The molecule has 1 aliphatic rings. The molecular formula is C18H19Cl3N4O3. The average molecular weight is 446 g/mol. The first-order valence-corrected chi connectivity index (χ1v) is 10.0. The van der Waals surface area contributed by atoms with Crippen molar-refractivity contribution in [2.75, 3.05) is 37.7 Å². The summed E-state index contributed by atoms with van der Waals surface area (Å²) in [5.74, 6) is -0.279. The van der Waals surface area contributed by atoms with Crippen molar-refractivity contribution in [2.24, 2.45) is 0 Å². The highest BCUT2D eigenvalue weighted by Crippen LogP contribution is 2.29. The number of fused-ring (bicyclic) bond motifs is 1. The number of piperazine rings is 1. The number of amides is 1. The Labute approximate surface area is 177 Å². The van der Waals surface area contributed by atoms with E-state index in [-0.39, 0.29) is 18.2 Å².